The number of unbranched alkanes of at least 4 members (excludes halogenated alkanes) is 3. The maximum Gasteiger partial charge on any atom is 0.137 e. The van der Waals surface area contributed by atoms with E-state index >= 15 is 0 Å². The summed E-state index contributed by atoms with van der Waals surface area (Å²) >= 11 is 2.98. The van der Waals surface area contributed by atoms with E-state index in [4.69, 9.17) is 0 Å². The molecule has 0 saturated heterocycles. The Balaban J connectivity index is 2.21. The molecular weight excluding hydrogens is 312 g/mol. The summed E-state index contributed by atoms with van der Waals surface area (Å²) in [6.07, 6.45) is 4.82. The molecule has 0 radical (unpaired) electrons. The molecular formula is C15H22BrF2N. The highest BCUT2D eigenvalue weighted by molar-refractivity contribution is 9.10. The molecule has 19 heavy (non-hydrogen) atoms. The quantitative estimate of drug-likeness (QED) is 0.530. The van der Waals surface area contributed by atoms with Crippen molar-refractivity contribution in [1.29, 1.82) is 0 Å². The summed E-state index contributed by atoms with van der Waals surface area (Å²) in [5, 5.41) is 3.36. The first-order valence-electron chi connectivity index (χ1n) is 6.87. The summed E-state index contributed by atoms with van der Waals surface area (Å²) < 4.78 is 27.0. The Kier molecular flexibility index (Phi) is 7.54. The minimum Gasteiger partial charge on any atom is -0.315 e. The third-order valence-electron chi connectivity index (χ3n) is 3.01. The van der Waals surface area contributed by atoms with Crippen LogP contribution in [0.4, 0.5) is 8.78 Å². The number of halogens is 3. The Hall–Kier alpha value is -0.480. The van der Waals surface area contributed by atoms with Crippen LogP contribution in [-0.2, 0) is 6.42 Å². The lowest BCUT2D eigenvalue weighted by molar-refractivity contribution is 0.536. The fourth-order valence-electron chi connectivity index (χ4n) is 1.94. The van der Waals surface area contributed by atoms with Gasteiger partial charge < -0.3 is 5.32 Å². The Morgan fingerprint density at radius 1 is 1.05 bits per heavy atom. The average Bonchev–Trinajstić information content (AvgIpc) is 2.33. The molecule has 1 nitrogen and oxygen atoms in total. The van der Waals surface area contributed by atoms with Crippen LogP contribution < -0.4 is 5.32 Å². The second-order valence-electron chi connectivity index (χ2n) is 5.13. The topological polar surface area (TPSA) is 12.0 Å². The van der Waals surface area contributed by atoms with Crippen LogP contribution in [0.2, 0.25) is 0 Å². The minimum absolute atomic E-state index is 0.188. The van der Waals surface area contributed by atoms with Gasteiger partial charge in [0.25, 0.3) is 0 Å². The van der Waals surface area contributed by atoms with E-state index in [1.165, 1.54) is 12.1 Å². The molecule has 0 unspecified atom stereocenters. The summed E-state index contributed by atoms with van der Waals surface area (Å²) in [4.78, 5) is 0. The Morgan fingerprint density at radius 2 is 1.74 bits per heavy atom. The van der Waals surface area contributed by atoms with Gasteiger partial charge >= 0.3 is 0 Å². The first kappa shape index (κ1) is 16.6. The molecule has 0 atom stereocenters. The summed E-state index contributed by atoms with van der Waals surface area (Å²) in [7, 11) is 0. The molecule has 1 aromatic carbocycles. The summed E-state index contributed by atoms with van der Waals surface area (Å²) in [6, 6.07) is 3.02. The molecule has 4 heteroatoms. The Morgan fingerprint density at radius 3 is 2.42 bits per heavy atom. The Bertz CT molecular complexity index is 394. The van der Waals surface area contributed by atoms with Crippen LogP contribution in [0.25, 0.3) is 0 Å². The summed E-state index contributed by atoms with van der Waals surface area (Å²) in [5.74, 6) is -0.715. The highest BCUT2D eigenvalue weighted by Crippen LogP contribution is 2.21. The Labute approximate surface area is 122 Å². The number of hydrogen-bond donors (Lipinski definition) is 1. The number of aryl methyl sites for hydroxylation is 1. The van der Waals surface area contributed by atoms with Gasteiger partial charge in [-0.1, -0.05) is 26.7 Å². The van der Waals surface area contributed by atoms with Gasteiger partial charge in [-0.05, 0) is 59.4 Å². The molecule has 1 N–H and O–H groups in total. The molecule has 108 valence electrons. The molecule has 0 saturated carbocycles. The lowest BCUT2D eigenvalue weighted by atomic mass is 10.1. The van der Waals surface area contributed by atoms with E-state index in [-0.39, 0.29) is 10.3 Å². The van der Waals surface area contributed by atoms with Crippen molar-refractivity contribution in [3.05, 3.63) is 33.8 Å². The molecule has 0 fully saturated rings. The monoisotopic (exact) mass is 333 g/mol. The van der Waals surface area contributed by atoms with Crippen molar-refractivity contribution in [2.24, 2.45) is 0 Å². The van der Waals surface area contributed by atoms with Crippen molar-refractivity contribution in [2.75, 3.05) is 6.54 Å². The number of nitrogens with one attached hydrogen (secondary N) is 1. The standard InChI is InChI=1S/C15H22BrF2N/c1-11(2)19-8-6-4-3-5-7-12-9-15(18)13(16)10-14(12)17/h9-11,19H,3-8H2,1-2H3. The average molecular weight is 334 g/mol. The van der Waals surface area contributed by atoms with Gasteiger partial charge in [-0.15, -0.1) is 0 Å². The van der Waals surface area contributed by atoms with E-state index in [1.54, 1.807) is 0 Å². The fourth-order valence-corrected chi connectivity index (χ4v) is 2.26. The highest BCUT2D eigenvalue weighted by atomic mass is 79.9. The van der Waals surface area contributed by atoms with Crippen molar-refractivity contribution in [3.8, 4) is 0 Å². The third kappa shape index (κ3) is 6.48. The van der Waals surface area contributed by atoms with E-state index in [0.717, 1.165) is 32.2 Å². The predicted octanol–water partition coefficient (Wildman–Crippen LogP) is 4.83. The van der Waals surface area contributed by atoms with Crippen LogP contribution >= 0.6 is 15.9 Å². The lowest BCUT2D eigenvalue weighted by Crippen LogP contribution is -2.23. The maximum absolute atomic E-state index is 13.5. The smallest absolute Gasteiger partial charge is 0.137 e. The van der Waals surface area contributed by atoms with Gasteiger partial charge in [-0.2, -0.15) is 0 Å². The fraction of sp³-hybridized carbons (Fsp3) is 0.600. The number of hydrogen-bond acceptors (Lipinski definition) is 1. The number of rotatable bonds is 8. The first-order chi connectivity index (χ1) is 9.00. The van der Waals surface area contributed by atoms with Gasteiger partial charge in [0, 0.05) is 6.04 Å². The van der Waals surface area contributed by atoms with Crippen molar-refractivity contribution in [3.63, 3.8) is 0 Å². The van der Waals surface area contributed by atoms with Gasteiger partial charge in [0.15, 0.2) is 0 Å². The van der Waals surface area contributed by atoms with E-state index < -0.39 is 5.82 Å². The number of benzene rings is 1. The lowest BCUT2D eigenvalue weighted by Gasteiger charge is -2.08. The van der Waals surface area contributed by atoms with Crippen LogP contribution in [0, 0.1) is 11.6 Å². The van der Waals surface area contributed by atoms with E-state index in [9.17, 15) is 8.78 Å². The largest absolute Gasteiger partial charge is 0.315 e. The molecule has 0 aliphatic rings. The summed E-state index contributed by atoms with van der Waals surface area (Å²) in [6.45, 7) is 5.29. The summed E-state index contributed by atoms with van der Waals surface area (Å²) in [5.41, 5.74) is 0.473. The van der Waals surface area contributed by atoms with Crippen LogP contribution in [-0.4, -0.2) is 12.6 Å². The first-order valence-corrected chi connectivity index (χ1v) is 7.67. The normalized spacial score (nSPS) is 11.3. The van der Waals surface area contributed by atoms with Gasteiger partial charge in [0.2, 0.25) is 0 Å². The minimum atomic E-state index is -0.391. The van der Waals surface area contributed by atoms with Crippen LogP contribution in [0.1, 0.15) is 45.1 Å². The molecule has 1 aromatic rings. The zero-order valence-electron chi connectivity index (χ0n) is 11.6. The van der Waals surface area contributed by atoms with Gasteiger partial charge in [0.1, 0.15) is 11.6 Å². The SMILES string of the molecule is CC(C)NCCCCCCc1cc(F)c(Br)cc1F. The van der Waals surface area contributed by atoms with Crippen molar-refractivity contribution < 1.29 is 8.78 Å². The van der Waals surface area contributed by atoms with Crippen LogP contribution in [0.3, 0.4) is 0 Å². The maximum atomic E-state index is 13.5. The van der Waals surface area contributed by atoms with Gasteiger partial charge in [0.05, 0.1) is 4.47 Å². The van der Waals surface area contributed by atoms with E-state index in [1.807, 2.05) is 0 Å². The van der Waals surface area contributed by atoms with Crippen molar-refractivity contribution in [2.45, 2.75) is 52.0 Å². The second-order valence-corrected chi connectivity index (χ2v) is 5.99. The molecule has 0 heterocycles. The van der Waals surface area contributed by atoms with Crippen LogP contribution in [0.15, 0.2) is 16.6 Å². The molecule has 0 aromatic heterocycles. The van der Waals surface area contributed by atoms with Gasteiger partial charge in [-0.25, -0.2) is 8.78 Å². The zero-order chi connectivity index (χ0) is 14.3. The molecule has 0 amide bonds. The highest BCUT2D eigenvalue weighted by Gasteiger charge is 2.07. The van der Waals surface area contributed by atoms with Gasteiger partial charge in [-0.3, -0.25) is 0 Å². The molecule has 0 aliphatic carbocycles. The molecule has 0 spiro atoms. The van der Waals surface area contributed by atoms with E-state index in [2.05, 4.69) is 35.1 Å². The van der Waals surface area contributed by atoms with Crippen LogP contribution in [0.5, 0.6) is 0 Å². The second kappa shape index (κ2) is 8.64. The third-order valence-corrected chi connectivity index (χ3v) is 3.62. The predicted molar refractivity (Wildman–Crippen MR) is 79.4 cm³/mol. The zero-order valence-corrected chi connectivity index (χ0v) is 13.2. The van der Waals surface area contributed by atoms with Crippen molar-refractivity contribution in [1.82, 2.24) is 5.32 Å². The molecule has 0 aliphatic heterocycles. The van der Waals surface area contributed by atoms with Crippen molar-refractivity contribution >= 4 is 15.9 Å². The molecule has 1 rings (SSSR count). The molecule has 0 bridgehead atoms. The van der Waals surface area contributed by atoms with E-state index in [0.29, 0.717) is 18.0 Å².